The number of rotatable bonds is 4. The Hall–Kier alpha value is -2.93. The number of hydrogen-bond acceptors (Lipinski definition) is 5. The van der Waals surface area contributed by atoms with Gasteiger partial charge in [0.1, 0.15) is 5.75 Å². The van der Waals surface area contributed by atoms with Crippen molar-refractivity contribution in [3.8, 4) is 5.75 Å². The number of carbonyl (C=O) groups excluding carboxylic acids is 1. The molecule has 1 aromatic heterocycles. The van der Waals surface area contributed by atoms with E-state index in [-0.39, 0.29) is 11.6 Å². The topological polar surface area (TPSA) is 81.5 Å². The zero-order chi connectivity index (χ0) is 16.4. The Balaban J connectivity index is 1.83. The van der Waals surface area contributed by atoms with Crippen molar-refractivity contribution in [3.05, 3.63) is 63.5 Å². The third-order valence-electron chi connectivity index (χ3n) is 3.28. The van der Waals surface area contributed by atoms with Crippen molar-refractivity contribution in [1.29, 1.82) is 0 Å². The second-order valence-corrected chi connectivity index (χ2v) is 5.86. The molecule has 3 rings (SSSR count). The molecule has 3 aromatic rings. The fourth-order valence-electron chi connectivity index (χ4n) is 2.12. The molecule has 1 amide bonds. The maximum absolute atomic E-state index is 12.3. The largest absolute Gasteiger partial charge is 0.497 e. The van der Waals surface area contributed by atoms with Gasteiger partial charge in [-0.25, -0.2) is 0 Å². The third kappa shape index (κ3) is 3.14. The monoisotopic (exact) mass is 328 g/mol. The Kier molecular flexibility index (Phi) is 3.94. The van der Waals surface area contributed by atoms with Gasteiger partial charge in [-0.05, 0) is 36.4 Å². The Morgan fingerprint density at radius 2 is 1.91 bits per heavy atom. The number of methoxy groups -OCH3 is 1. The van der Waals surface area contributed by atoms with Crippen LogP contribution in [0.2, 0.25) is 0 Å². The van der Waals surface area contributed by atoms with Gasteiger partial charge in [-0.15, -0.1) is 11.3 Å². The number of hydrogen-bond donors (Lipinski definition) is 1. The number of anilines is 1. The van der Waals surface area contributed by atoms with Gasteiger partial charge in [0, 0.05) is 27.9 Å². The van der Waals surface area contributed by atoms with Crippen LogP contribution in [-0.4, -0.2) is 17.9 Å². The van der Waals surface area contributed by atoms with Crippen molar-refractivity contribution in [2.24, 2.45) is 0 Å². The van der Waals surface area contributed by atoms with Crippen molar-refractivity contribution in [2.45, 2.75) is 0 Å². The van der Waals surface area contributed by atoms with E-state index in [2.05, 4.69) is 5.32 Å². The first-order valence-corrected chi connectivity index (χ1v) is 7.52. The number of benzene rings is 2. The molecule has 116 valence electrons. The molecule has 1 N–H and O–H groups in total. The first kappa shape index (κ1) is 15.0. The number of thiophene rings is 1. The first-order valence-electron chi connectivity index (χ1n) is 6.70. The second-order valence-electron chi connectivity index (χ2n) is 4.77. The molecule has 0 atom stereocenters. The predicted octanol–water partition coefficient (Wildman–Crippen LogP) is 4.07. The minimum Gasteiger partial charge on any atom is -0.497 e. The number of nitro benzene ring substituents is 1. The average Bonchev–Trinajstić information content (AvgIpc) is 2.98. The highest BCUT2D eigenvalue weighted by Crippen LogP contribution is 2.29. The minimum atomic E-state index is -0.450. The van der Waals surface area contributed by atoms with Gasteiger partial charge in [0.15, 0.2) is 0 Å². The van der Waals surface area contributed by atoms with Crippen molar-refractivity contribution in [2.75, 3.05) is 12.4 Å². The fraction of sp³-hybridized carbons (Fsp3) is 0.0625. The van der Waals surface area contributed by atoms with Crippen LogP contribution in [0, 0.1) is 10.1 Å². The molecule has 2 aromatic carbocycles. The summed E-state index contributed by atoms with van der Waals surface area (Å²) in [6, 6.07) is 13.2. The molecule has 0 aliphatic carbocycles. The van der Waals surface area contributed by atoms with E-state index in [1.54, 1.807) is 43.5 Å². The maximum atomic E-state index is 12.3. The van der Waals surface area contributed by atoms with Crippen LogP contribution >= 0.6 is 11.3 Å². The van der Waals surface area contributed by atoms with E-state index in [1.165, 1.54) is 23.5 Å². The lowest BCUT2D eigenvalue weighted by Crippen LogP contribution is -2.09. The fourth-order valence-corrected chi connectivity index (χ4v) is 3.06. The van der Waals surface area contributed by atoms with Crippen LogP contribution in [0.15, 0.2) is 48.5 Å². The highest BCUT2D eigenvalue weighted by atomic mass is 32.1. The SMILES string of the molecule is COc1ccc(NC(=O)c2cc3cc([N+](=O)[O-])ccc3s2)cc1. The normalized spacial score (nSPS) is 10.5. The molecule has 1 heterocycles. The number of nitro groups is 1. The summed E-state index contributed by atoms with van der Waals surface area (Å²) in [7, 11) is 1.57. The zero-order valence-corrected chi connectivity index (χ0v) is 12.9. The molecule has 7 heteroatoms. The van der Waals surface area contributed by atoms with Crippen molar-refractivity contribution in [1.82, 2.24) is 0 Å². The first-order chi connectivity index (χ1) is 11.1. The lowest BCUT2D eigenvalue weighted by Gasteiger charge is -2.04. The summed E-state index contributed by atoms with van der Waals surface area (Å²) < 4.78 is 5.89. The summed E-state index contributed by atoms with van der Waals surface area (Å²) in [5.41, 5.74) is 0.664. The summed E-state index contributed by atoms with van der Waals surface area (Å²) in [5.74, 6) is 0.455. The van der Waals surface area contributed by atoms with Gasteiger partial charge in [0.25, 0.3) is 11.6 Å². The maximum Gasteiger partial charge on any atom is 0.270 e. The summed E-state index contributed by atoms with van der Waals surface area (Å²) in [6.45, 7) is 0. The Bertz CT molecular complexity index is 887. The number of fused-ring (bicyclic) bond motifs is 1. The van der Waals surface area contributed by atoms with Crippen LogP contribution < -0.4 is 10.1 Å². The number of non-ortho nitro benzene ring substituents is 1. The second kappa shape index (κ2) is 6.05. The van der Waals surface area contributed by atoms with Gasteiger partial charge in [-0.2, -0.15) is 0 Å². The van der Waals surface area contributed by atoms with Gasteiger partial charge in [-0.1, -0.05) is 0 Å². The Morgan fingerprint density at radius 3 is 2.57 bits per heavy atom. The third-order valence-corrected chi connectivity index (χ3v) is 4.40. The van der Waals surface area contributed by atoms with Crippen LogP contribution in [-0.2, 0) is 0 Å². The number of nitrogens with one attached hydrogen (secondary N) is 1. The minimum absolute atomic E-state index is 0.0115. The summed E-state index contributed by atoms with van der Waals surface area (Å²) in [5, 5.41) is 14.3. The number of amides is 1. The molecule has 0 fully saturated rings. The van der Waals surface area contributed by atoms with Gasteiger partial charge < -0.3 is 10.1 Å². The summed E-state index contributed by atoms with van der Waals surface area (Å²) in [6.07, 6.45) is 0. The van der Waals surface area contributed by atoms with Crippen molar-refractivity contribution >= 4 is 38.7 Å². The van der Waals surface area contributed by atoms with E-state index in [1.807, 2.05) is 0 Å². The quantitative estimate of drug-likeness (QED) is 0.578. The lowest BCUT2D eigenvalue weighted by molar-refractivity contribution is -0.384. The molecule has 23 heavy (non-hydrogen) atoms. The van der Waals surface area contributed by atoms with E-state index in [4.69, 9.17) is 4.74 Å². The van der Waals surface area contributed by atoms with E-state index < -0.39 is 4.92 Å². The molecular weight excluding hydrogens is 316 g/mol. The number of nitrogens with zero attached hydrogens (tertiary/aromatic N) is 1. The van der Waals surface area contributed by atoms with Gasteiger partial charge in [0.05, 0.1) is 16.9 Å². The summed E-state index contributed by atoms with van der Waals surface area (Å²) in [4.78, 5) is 23.1. The van der Waals surface area contributed by atoms with Gasteiger partial charge >= 0.3 is 0 Å². The molecule has 0 aliphatic rings. The standard InChI is InChI=1S/C16H12N2O4S/c1-22-13-5-2-11(3-6-13)17-16(19)15-9-10-8-12(18(20)21)4-7-14(10)23-15/h2-9H,1H3,(H,17,19). The molecule has 0 unspecified atom stereocenters. The van der Waals surface area contributed by atoms with Crippen LogP contribution in [0.3, 0.4) is 0 Å². The molecule has 0 saturated carbocycles. The highest BCUT2D eigenvalue weighted by Gasteiger charge is 2.13. The molecule has 0 bridgehead atoms. The molecule has 0 spiro atoms. The molecule has 0 aliphatic heterocycles. The van der Waals surface area contributed by atoms with E-state index in [0.717, 1.165) is 4.70 Å². The average molecular weight is 328 g/mol. The number of ether oxygens (including phenoxy) is 1. The highest BCUT2D eigenvalue weighted by molar-refractivity contribution is 7.20. The molecule has 0 radical (unpaired) electrons. The molecule has 0 saturated heterocycles. The van der Waals surface area contributed by atoms with Gasteiger partial charge in [0.2, 0.25) is 0 Å². The van der Waals surface area contributed by atoms with Crippen LogP contribution in [0.1, 0.15) is 9.67 Å². The van der Waals surface area contributed by atoms with Crippen molar-refractivity contribution < 1.29 is 14.5 Å². The number of carbonyl (C=O) groups is 1. The van der Waals surface area contributed by atoms with E-state index in [0.29, 0.717) is 21.7 Å². The zero-order valence-electron chi connectivity index (χ0n) is 12.1. The van der Waals surface area contributed by atoms with E-state index >= 15 is 0 Å². The molecule has 6 nitrogen and oxygen atoms in total. The molecular formula is C16H12N2O4S. The van der Waals surface area contributed by atoms with Crippen LogP contribution in [0.4, 0.5) is 11.4 Å². The Labute approximate surface area is 135 Å². The van der Waals surface area contributed by atoms with Crippen LogP contribution in [0.25, 0.3) is 10.1 Å². The van der Waals surface area contributed by atoms with E-state index in [9.17, 15) is 14.9 Å². The predicted molar refractivity (Wildman–Crippen MR) is 89.4 cm³/mol. The smallest absolute Gasteiger partial charge is 0.270 e. The lowest BCUT2D eigenvalue weighted by atomic mass is 10.2. The summed E-state index contributed by atoms with van der Waals surface area (Å²) >= 11 is 1.29. The van der Waals surface area contributed by atoms with Gasteiger partial charge in [-0.3, -0.25) is 14.9 Å². The van der Waals surface area contributed by atoms with Crippen molar-refractivity contribution in [3.63, 3.8) is 0 Å². The van der Waals surface area contributed by atoms with Crippen LogP contribution in [0.5, 0.6) is 5.75 Å². The Morgan fingerprint density at radius 1 is 1.17 bits per heavy atom.